The van der Waals surface area contributed by atoms with Gasteiger partial charge in [0, 0.05) is 10.9 Å². The molecule has 106 valence electrons. The van der Waals surface area contributed by atoms with Crippen LogP contribution in [0.15, 0.2) is 48.5 Å². The van der Waals surface area contributed by atoms with Gasteiger partial charge in [-0.15, -0.1) is 0 Å². The second-order valence-corrected chi connectivity index (χ2v) is 4.69. The maximum atomic E-state index is 13.1. The first-order valence-corrected chi connectivity index (χ1v) is 6.23. The molecular weight excluding hydrogens is 279 g/mol. The molecule has 21 heavy (non-hydrogen) atoms. The molecule has 3 rings (SSSR count). The number of hydrogen-bond acceptors (Lipinski definition) is 1. The minimum absolute atomic E-state index is 0.126. The Morgan fingerprint density at radius 2 is 1.76 bits per heavy atom. The van der Waals surface area contributed by atoms with E-state index in [-0.39, 0.29) is 5.56 Å². The van der Waals surface area contributed by atoms with Crippen molar-refractivity contribution in [3.8, 4) is 11.1 Å². The van der Waals surface area contributed by atoms with Crippen molar-refractivity contribution in [3.05, 3.63) is 59.8 Å². The summed E-state index contributed by atoms with van der Waals surface area (Å²) < 4.78 is 39.2. The van der Waals surface area contributed by atoms with Gasteiger partial charge in [0.2, 0.25) is 0 Å². The van der Waals surface area contributed by atoms with Crippen molar-refractivity contribution >= 4 is 17.2 Å². The Bertz CT molecular complexity index is 818. The highest BCUT2D eigenvalue weighted by Gasteiger charge is 2.33. The van der Waals surface area contributed by atoms with Gasteiger partial charge in [-0.3, -0.25) is 4.79 Å². The lowest BCUT2D eigenvalue weighted by atomic mass is 9.98. The van der Waals surface area contributed by atoms with E-state index in [1.54, 1.807) is 30.3 Å². The summed E-state index contributed by atoms with van der Waals surface area (Å²) in [4.78, 5) is 13.6. The number of carbonyl (C=O) groups is 1. The first-order chi connectivity index (χ1) is 9.99. The van der Waals surface area contributed by atoms with Crippen molar-refractivity contribution in [3.63, 3.8) is 0 Å². The first kappa shape index (κ1) is 13.4. The van der Waals surface area contributed by atoms with E-state index in [0.29, 0.717) is 28.4 Å². The molecule has 1 N–H and O–H groups in total. The zero-order chi connectivity index (χ0) is 15.0. The van der Waals surface area contributed by atoms with Crippen LogP contribution in [0.4, 0.5) is 13.2 Å². The summed E-state index contributed by atoms with van der Waals surface area (Å²) in [6, 6.07) is 12.0. The fourth-order valence-corrected chi connectivity index (χ4v) is 2.37. The number of hydrogen-bond donors (Lipinski definition) is 1. The molecule has 0 bridgehead atoms. The number of alkyl halides is 3. The monoisotopic (exact) mass is 289 g/mol. The van der Waals surface area contributed by atoms with Crippen LogP contribution < -0.4 is 0 Å². The van der Waals surface area contributed by atoms with Gasteiger partial charge in [0.05, 0.1) is 11.3 Å². The summed E-state index contributed by atoms with van der Waals surface area (Å²) in [5, 5.41) is 0.701. The Kier molecular flexibility index (Phi) is 3.05. The van der Waals surface area contributed by atoms with Gasteiger partial charge in [-0.1, -0.05) is 24.3 Å². The molecule has 0 radical (unpaired) electrons. The van der Waals surface area contributed by atoms with Crippen LogP contribution in [0.25, 0.3) is 22.0 Å². The van der Waals surface area contributed by atoms with E-state index in [2.05, 4.69) is 4.98 Å². The fraction of sp³-hybridized carbons (Fsp3) is 0.0625. The van der Waals surface area contributed by atoms with Crippen LogP contribution in [-0.4, -0.2) is 11.3 Å². The van der Waals surface area contributed by atoms with E-state index < -0.39 is 11.7 Å². The number of benzene rings is 2. The zero-order valence-electron chi connectivity index (χ0n) is 10.7. The summed E-state index contributed by atoms with van der Waals surface area (Å²) in [6.07, 6.45) is -3.74. The van der Waals surface area contributed by atoms with Crippen LogP contribution in [0.3, 0.4) is 0 Å². The quantitative estimate of drug-likeness (QED) is 0.683. The van der Waals surface area contributed by atoms with Gasteiger partial charge in [0.25, 0.3) is 0 Å². The first-order valence-electron chi connectivity index (χ1n) is 6.23. The minimum Gasteiger partial charge on any atom is -0.352 e. The highest BCUT2D eigenvalue weighted by Crippen LogP contribution is 2.37. The van der Waals surface area contributed by atoms with Crippen molar-refractivity contribution < 1.29 is 18.0 Å². The van der Waals surface area contributed by atoms with Crippen molar-refractivity contribution in [2.24, 2.45) is 0 Å². The van der Waals surface area contributed by atoms with Gasteiger partial charge in [-0.05, 0) is 35.4 Å². The van der Waals surface area contributed by atoms with Gasteiger partial charge in [0.1, 0.15) is 0 Å². The molecule has 0 aliphatic heterocycles. The molecule has 0 atom stereocenters. The largest absolute Gasteiger partial charge is 0.417 e. The van der Waals surface area contributed by atoms with Crippen LogP contribution in [0, 0.1) is 0 Å². The summed E-state index contributed by atoms with van der Waals surface area (Å²) in [5.41, 5.74) is 1.03. The number of halogens is 3. The van der Waals surface area contributed by atoms with Crippen LogP contribution in [0.2, 0.25) is 0 Å². The zero-order valence-corrected chi connectivity index (χ0v) is 10.7. The Balaban J connectivity index is 2.19. The molecule has 3 aromatic rings. The number of nitrogens with one attached hydrogen (secondary N) is 1. The van der Waals surface area contributed by atoms with Gasteiger partial charge in [-0.25, -0.2) is 0 Å². The molecule has 1 aromatic heterocycles. The van der Waals surface area contributed by atoms with Gasteiger partial charge in [0.15, 0.2) is 6.29 Å². The summed E-state index contributed by atoms with van der Waals surface area (Å²) >= 11 is 0. The number of aldehydes is 1. The predicted molar refractivity (Wildman–Crippen MR) is 74.1 cm³/mol. The Morgan fingerprint density at radius 3 is 2.48 bits per heavy atom. The Labute approximate surface area is 118 Å². The summed E-state index contributed by atoms with van der Waals surface area (Å²) in [5.74, 6) is 0. The number of aromatic amines is 1. The smallest absolute Gasteiger partial charge is 0.352 e. The van der Waals surface area contributed by atoms with Crippen LogP contribution in [0.5, 0.6) is 0 Å². The number of rotatable bonds is 2. The van der Waals surface area contributed by atoms with E-state index in [9.17, 15) is 18.0 Å². The molecule has 0 saturated heterocycles. The van der Waals surface area contributed by atoms with Crippen molar-refractivity contribution in [2.75, 3.05) is 0 Å². The standard InChI is InChI=1S/C16H10F3NO/c17-16(18,19)14-4-2-1-3-13(14)10-5-6-15-11(7-10)8-12(9-21)20-15/h1-9,20H. The second-order valence-electron chi connectivity index (χ2n) is 4.69. The molecule has 0 saturated carbocycles. The maximum Gasteiger partial charge on any atom is 0.417 e. The molecular formula is C16H10F3NO. The van der Waals surface area contributed by atoms with Crippen molar-refractivity contribution in [1.82, 2.24) is 4.98 Å². The summed E-state index contributed by atoms with van der Waals surface area (Å²) in [6.45, 7) is 0. The predicted octanol–water partition coefficient (Wildman–Crippen LogP) is 4.67. The minimum atomic E-state index is -4.41. The number of aromatic nitrogens is 1. The normalized spacial score (nSPS) is 11.8. The third-order valence-corrected chi connectivity index (χ3v) is 3.31. The van der Waals surface area contributed by atoms with E-state index >= 15 is 0 Å². The lowest BCUT2D eigenvalue weighted by Crippen LogP contribution is -2.06. The average Bonchev–Trinajstić information content (AvgIpc) is 2.88. The number of carbonyl (C=O) groups excluding carboxylic acids is 1. The molecule has 1 heterocycles. The molecule has 0 fully saturated rings. The number of H-pyrrole nitrogens is 1. The molecule has 0 aliphatic carbocycles. The highest BCUT2D eigenvalue weighted by atomic mass is 19.4. The van der Waals surface area contributed by atoms with E-state index in [1.807, 2.05) is 0 Å². The lowest BCUT2D eigenvalue weighted by Gasteiger charge is -2.12. The van der Waals surface area contributed by atoms with Gasteiger partial charge >= 0.3 is 6.18 Å². The molecule has 2 nitrogen and oxygen atoms in total. The topological polar surface area (TPSA) is 32.9 Å². The van der Waals surface area contributed by atoms with E-state index in [1.165, 1.54) is 12.1 Å². The molecule has 5 heteroatoms. The highest BCUT2D eigenvalue weighted by molar-refractivity contribution is 5.91. The third kappa shape index (κ3) is 2.42. The SMILES string of the molecule is O=Cc1cc2cc(-c3ccccc3C(F)(F)F)ccc2[nH]1. The maximum absolute atomic E-state index is 13.1. The van der Waals surface area contributed by atoms with Crippen LogP contribution in [0.1, 0.15) is 16.1 Å². The Hall–Kier alpha value is -2.56. The molecule has 0 aliphatic rings. The Morgan fingerprint density at radius 1 is 1.00 bits per heavy atom. The van der Waals surface area contributed by atoms with Gasteiger partial charge < -0.3 is 4.98 Å². The number of fused-ring (bicyclic) bond motifs is 1. The van der Waals surface area contributed by atoms with E-state index in [4.69, 9.17) is 0 Å². The molecule has 0 amide bonds. The third-order valence-electron chi connectivity index (χ3n) is 3.31. The molecule has 0 spiro atoms. The van der Waals surface area contributed by atoms with Crippen molar-refractivity contribution in [1.29, 1.82) is 0 Å². The average molecular weight is 289 g/mol. The molecule has 0 unspecified atom stereocenters. The van der Waals surface area contributed by atoms with Gasteiger partial charge in [-0.2, -0.15) is 13.2 Å². The van der Waals surface area contributed by atoms with Crippen LogP contribution in [-0.2, 0) is 6.18 Å². The lowest BCUT2D eigenvalue weighted by molar-refractivity contribution is -0.137. The van der Waals surface area contributed by atoms with E-state index in [0.717, 1.165) is 6.07 Å². The second kappa shape index (κ2) is 4.77. The van der Waals surface area contributed by atoms with Crippen molar-refractivity contribution in [2.45, 2.75) is 6.18 Å². The fourth-order valence-electron chi connectivity index (χ4n) is 2.37. The van der Waals surface area contributed by atoms with Crippen LogP contribution >= 0.6 is 0 Å². The molecule has 2 aromatic carbocycles. The summed E-state index contributed by atoms with van der Waals surface area (Å²) in [7, 11) is 0.